The normalized spacial score (nSPS) is 17.5. The third-order valence-corrected chi connectivity index (χ3v) is 5.16. The first-order chi connectivity index (χ1) is 10.3. The van der Waals surface area contributed by atoms with E-state index < -0.39 is 0 Å². The number of para-hydroxylation sites is 1. The van der Waals surface area contributed by atoms with Crippen LogP contribution in [0, 0.1) is 0 Å². The van der Waals surface area contributed by atoms with Gasteiger partial charge in [-0.05, 0) is 44.9 Å². The van der Waals surface area contributed by atoms with Gasteiger partial charge >= 0.3 is 0 Å². The van der Waals surface area contributed by atoms with Gasteiger partial charge in [-0.2, -0.15) is 0 Å². The maximum atomic E-state index is 4.98. The molecule has 0 aliphatic heterocycles. The van der Waals surface area contributed by atoms with E-state index in [1.807, 2.05) is 11.3 Å². The molecule has 0 fully saturated rings. The van der Waals surface area contributed by atoms with Gasteiger partial charge in [-0.15, -0.1) is 11.3 Å². The first-order valence-electron chi connectivity index (χ1n) is 7.89. The fraction of sp³-hybridized carbons (Fsp3) is 0.471. The van der Waals surface area contributed by atoms with Crippen molar-refractivity contribution >= 4 is 22.2 Å². The van der Waals surface area contributed by atoms with Crippen LogP contribution in [0.4, 0.5) is 10.8 Å². The molecular formula is C17H23N3S. The van der Waals surface area contributed by atoms with Gasteiger partial charge in [0.05, 0.1) is 11.7 Å². The monoisotopic (exact) mass is 301 g/mol. The highest BCUT2D eigenvalue weighted by Gasteiger charge is 2.25. The summed E-state index contributed by atoms with van der Waals surface area (Å²) >= 11 is 1.87. The van der Waals surface area contributed by atoms with Crippen LogP contribution in [-0.2, 0) is 6.42 Å². The molecule has 1 aromatic carbocycles. The van der Waals surface area contributed by atoms with Gasteiger partial charge in [0.15, 0.2) is 5.13 Å². The fourth-order valence-electron chi connectivity index (χ4n) is 3.00. The number of nitrogens with zero attached hydrogens (tertiary/aromatic N) is 2. The molecule has 1 aliphatic carbocycles. The molecule has 1 aliphatic rings. The molecule has 0 saturated heterocycles. The van der Waals surface area contributed by atoms with Gasteiger partial charge in [-0.1, -0.05) is 25.1 Å². The van der Waals surface area contributed by atoms with Crippen LogP contribution in [0.25, 0.3) is 0 Å². The van der Waals surface area contributed by atoms with Crippen LogP contribution in [0.5, 0.6) is 0 Å². The maximum Gasteiger partial charge on any atom is 0.190 e. The number of fused-ring (bicyclic) bond motifs is 1. The number of aryl methyl sites for hydroxylation is 1. The first kappa shape index (κ1) is 14.5. The average molecular weight is 301 g/mol. The summed E-state index contributed by atoms with van der Waals surface area (Å²) in [6.07, 6.45) is 3.66. The van der Waals surface area contributed by atoms with Gasteiger partial charge < -0.3 is 10.2 Å². The second-order valence-electron chi connectivity index (χ2n) is 5.39. The molecule has 0 amide bonds. The van der Waals surface area contributed by atoms with E-state index in [-0.39, 0.29) is 0 Å². The maximum absolute atomic E-state index is 4.98. The Morgan fingerprint density at radius 1 is 1.29 bits per heavy atom. The Balaban J connectivity index is 1.92. The van der Waals surface area contributed by atoms with E-state index in [0.717, 1.165) is 18.2 Å². The van der Waals surface area contributed by atoms with Gasteiger partial charge in [-0.25, -0.2) is 4.98 Å². The highest BCUT2D eigenvalue weighted by molar-refractivity contribution is 7.15. The summed E-state index contributed by atoms with van der Waals surface area (Å²) in [6, 6.07) is 11.0. The zero-order valence-electron chi connectivity index (χ0n) is 12.8. The molecule has 4 heteroatoms. The van der Waals surface area contributed by atoms with Crippen LogP contribution in [0.1, 0.15) is 43.3 Å². The predicted molar refractivity (Wildman–Crippen MR) is 90.6 cm³/mol. The Morgan fingerprint density at radius 2 is 2.10 bits per heavy atom. The number of thiazole rings is 1. The molecule has 1 heterocycles. The SMILES string of the molecule is CCNC1CCCc2sc(N(CC)c3ccccc3)nc21. The van der Waals surface area contributed by atoms with Crippen LogP contribution in [0.3, 0.4) is 0 Å². The Bertz CT molecular complexity index is 579. The lowest BCUT2D eigenvalue weighted by molar-refractivity contribution is 0.465. The zero-order chi connectivity index (χ0) is 14.7. The Kier molecular flexibility index (Phi) is 4.56. The number of benzene rings is 1. The van der Waals surface area contributed by atoms with Crippen LogP contribution in [0.15, 0.2) is 30.3 Å². The summed E-state index contributed by atoms with van der Waals surface area (Å²) in [4.78, 5) is 8.76. The molecule has 0 bridgehead atoms. The predicted octanol–water partition coefficient (Wildman–Crippen LogP) is 4.29. The van der Waals surface area contributed by atoms with E-state index in [9.17, 15) is 0 Å². The summed E-state index contributed by atoms with van der Waals surface area (Å²) in [6.45, 7) is 6.31. The van der Waals surface area contributed by atoms with Crippen molar-refractivity contribution in [2.24, 2.45) is 0 Å². The molecule has 3 nitrogen and oxygen atoms in total. The van der Waals surface area contributed by atoms with Crippen molar-refractivity contribution in [1.29, 1.82) is 0 Å². The fourth-order valence-corrected chi connectivity index (χ4v) is 4.25. The summed E-state index contributed by atoms with van der Waals surface area (Å²) in [5, 5.41) is 4.71. The van der Waals surface area contributed by atoms with Gasteiger partial charge in [0.25, 0.3) is 0 Å². The molecule has 0 spiro atoms. The molecule has 0 radical (unpaired) electrons. The molecule has 3 rings (SSSR count). The molecule has 1 aromatic heterocycles. The molecular weight excluding hydrogens is 278 g/mol. The van der Waals surface area contributed by atoms with E-state index in [0.29, 0.717) is 6.04 Å². The van der Waals surface area contributed by atoms with Gasteiger partial charge in [0, 0.05) is 17.1 Å². The molecule has 2 aromatic rings. The third-order valence-electron chi connectivity index (χ3n) is 4.01. The topological polar surface area (TPSA) is 28.2 Å². The lowest BCUT2D eigenvalue weighted by atomic mass is 9.98. The van der Waals surface area contributed by atoms with Crippen molar-refractivity contribution in [2.45, 2.75) is 39.2 Å². The van der Waals surface area contributed by atoms with Crippen molar-refractivity contribution in [3.8, 4) is 0 Å². The molecule has 1 atom stereocenters. The summed E-state index contributed by atoms with van der Waals surface area (Å²) in [5.74, 6) is 0. The number of hydrogen-bond donors (Lipinski definition) is 1. The van der Waals surface area contributed by atoms with Crippen molar-refractivity contribution in [3.63, 3.8) is 0 Å². The summed E-state index contributed by atoms with van der Waals surface area (Å²) < 4.78 is 0. The molecule has 112 valence electrons. The van der Waals surface area contributed by atoms with Gasteiger partial charge in [-0.3, -0.25) is 0 Å². The van der Waals surface area contributed by atoms with Crippen molar-refractivity contribution in [3.05, 3.63) is 40.9 Å². The number of anilines is 2. The highest BCUT2D eigenvalue weighted by atomic mass is 32.1. The summed E-state index contributed by atoms with van der Waals surface area (Å²) in [7, 11) is 0. The molecule has 1 unspecified atom stereocenters. The number of rotatable bonds is 5. The Hall–Kier alpha value is -1.39. The van der Waals surface area contributed by atoms with Crippen LogP contribution >= 0.6 is 11.3 Å². The van der Waals surface area contributed by atoms with E-state index in [4.69, 9.17) is 4.98 Å². The minimum absolute atomic E-state index is 0.443. The van der Waals surface area contributed by atoms with Gasteiger partial charge in [0.1, 0.15) is 0 Å². The van der Waals surface area contributed by atoms with E-state index in [1.165, 1.54) is 35.5 Å². The molecule has 0 saturated carbocycles. The van der Waals surface area contributed by atoms with Crippen molar-refractivity contribution < 1.29 is 0 Å². The van der Waals surface area contributed by atoms with Crippen molar-refractivity contribution in [1.82, 2.24) is 10.3 Å². The largest absolute Gasteiger partial charge is 0.318 e. The van der Waals surface area contributed by atoms with E-state index >= 15 is 0 Å². The Morgan fingerprint density at radius 3 is 2.81 bits per heavy atom. The minimum atomic E-state index is 0.443. The van der Waals surface area contributed by atoms with E-state index in [2.05, 4.69) is 54.4 Å². The number of nitrogens with one attached hydrogen (secondary N) is 1. The third kappa shape index (κ3) is 2.97. The number of aromatic nitrogens is 1. The lowest BCUT2D eigenvalue weighted by Crippen LogP contribution is -2.24. The van der Waals surface area contributed by atoms with Crippen LogP contribution in [-0.4, -0.2) is 18.1 Å². The average Bonchev–Trinajstić information content (AvgIpc) is 2.94. The second kappa shape index (κ2) is 6.58. The minimum Gasteiger partial charge on any atom is -0.318 e. The smallest absolute Gasteiger partial charge is 0.190 e. The second-order valence-corrected chi connectivity index (χ2v) is 6.45. The first-order valence-corrected chi connectivity index (χ1v) is 8.70. The lowest BCUT2D eigenvalue weighted by Gasteiger charge is -2.21. The molecule has 21 heavy (non-hydrogen) atoms. The van der Waals surface area contributed by atoms with Crippen LogP contribution in [0.2, 0.25) is 0 Å². The summed E-state index contributed by atoms with van der Waals surface area (Å²) in [5.41, 5.74) is 2.52. The van der Waals surface area contributed by atoms with Crippen LogP contribution < -0.4 is 10.2 Å². The van der Waals surface area contributed by atoms with Gasteiger partial charge in [0.2, 0.25) is 0 Å². The highest BCUT2D eigenvalue weighted by Crippen LogP contribution is 2.38. The Labute approximate surface area is 131 Å². The molecule has 1 N–H and O–H groups in total. The quantitative estimate of drug-likeness (QED) is 0.893. The van der Waals surface area contributed by atoms with Crippen molar-refractivity contribution in [2.75, 3.05) is 18.0 Å². The zero-order valence-corrected chi connectivity index (χ0v) is 13.6. The standard InChI is InChI=1S/C17H23N3S/c1-3-18-14-11-8-12-15-16(14)19-17(21-15)20(4-2)13-9-6-5-7-10-13/h5-7,9-10,14,18H,3-4,8,11-12H2,1-2H3. The number of hydrogen-bond acceptors (Lipinski definition) is 4. The van der Waals surface area contributed by atoms with E-state index in [1.54, 1.807) is 0 Å².